The predicted molar refractivity (Wildman–Crippen MR) is 119 cm³/mol. The molecule has 6 nitrogen and oxygen atoms in total. The average molecular weight is 412 g/mol. The Hall–Kier alpha value is -3.51. The summed E-state index contributed by atoms with van der Waals surface area (Å²) < 4.78 is 1.78. The number of hydrogen-bond donors (Lipinski definition) is 1. The summed E-state index contributed by atoms with van der Waals surface area (Å²) in [5.41, 5.74) is 5.40. The van der Waals surface area contributed by atoms with E-state index in [0.717, 1.165) is 38.7 Å². The third-order valence-electron chi connectivity index (χ3n) is 5.83. The van der Waals surface area contributed by atoms with Crippen LogP contribution in [0.5, 0.6) is 0 Å². The fourth-order valence-corrected chi connectivity index (χ4v) is 4.29. The van der Waals surface area contributed by atoms with Gasteiger partial charge in [-0.15, -0.1) is 0 Å². The van der Waals surface area contributed by atoms with Gasteiger partial charge in [-0.05, 0) is 36.6 Å². The third-order valence-corrected chi connectivity index (χ3v) is 5.83. The second-order valence-electron chi connectivity index (χ2n) is 8.65. The standard InChI is InChI=1S/C25H24N4O2/c1-25(2,31)21-11-10-19(20-15-28(3)27-23(20)21)17-8-6-16(7-9-17)13-29-14-18-5-4-12-26-22(18)24(29)30/h4-12,15,31H,13-14H2,1-3H3. The van der Waals surface area contributed by atoms with Crippen LogP contribution in [-0.4, -0.2) is 30.7 Å². The molecule has 0 atom stereocenters. The zero-order valence-electron chi connectivity index (χ0n) is 17.8. The van der Waals surface area contributed by atoms with Crippen LogP contribution in [0.4, 0.5) is 0 Å². The number of rotatable bonds is 4. The first-order valence-corrected chi connectivity index (χ1v) is 10.3. The lowest BCUT2D eigenvalue weighted by Gasteiger charge is -2.19. The highest BCUT2D eigenvalue weighted by atomic mass is 16.3. The minimum atomic E-state index is -0.969. The third kappa shape index (κ3) is 3.39. The number of aryl methyl sites for hydroxylation is 1. The molecular weight excluding hydrogens is 388 g/mol. The number of fused-ring (bicyclic) bond motifs is 2. The Bertz CT molecular complexity index is 1300. The number of carbonyl (C=O) groups is 1. The number of hydrogen-bond acceptors (Lipinski definition) is 4. The molecular formula is C25H24N4O2. The number of pyridine rings is 1. The average Bonchev–Trinajstić information content (AvgIpc) is 3.27. The molecule has 0 aliphatic carbocycles. The second-order valence-corrected chi connectivity index (χ2v) is 8.65. The summed E-state index contributed by atoms with van der Waals surface area (Å²) in [6.07, 6.45) is 3.65. The molecule has 0 unspecified atom stereocenters. The lowest BCUT2D eigenvalue weighted by Crippen LogP contribution is -2.23. The highest BCUT2D eigenvalue weighted by molar-refractivity contribution is 5.97. The highest BCUT2D eigenvalue weighted by Crippen LogP contribution is 2.34. The monoisotopic (exact) mass is 412 g/mol. The van der Waals surface area contributed by atoms with E-state index >= 15 is 0 Å². The van der Waals surface area contributed by atoms with Gasteiger partial charge in [0.05, 0.1) is 11.1 Å². The molecule has 0 saturated heterocycles. The summed E-state index contributed by atoms with van der Waals surface area (Å²) in [7, 11) is 1.89. The van der Waals surface area contributed by atoms with Gasteiger partial charge >= 0.3 is 0 Å². The van der Waals surface area contributed by atoms with Crippen molar-refractivity contribution in [2.24, 2.45) is 7.05 Å². The van der Waals surface area contributed by atoms with Crippen LogP contribution in [-0.2, 0) is 25.7 Å². The minimum Gasteiger partial charge on any atom is -0.386 e. The van der Waals surface area contributed by atoms with E-state index in [-0.39, 0.29) is 5.91 Å². The van der Waals surface area contributed by atoms with Crippen LogP contribution in [0.2, 0.25) is 0 Å². The van der Waals surface area contributed by atoms with Crippen molar-refractivity contribution in [1.82, 2.24) is 19.7 Å². The molecule has 0 fully saturated rings. The van der Waals surface area contributed by atoms with E-state index in [1.54, 1.807) is 24.7 Å². The molecule has 156 valence electrons. The van der Waals surface area contributed by atoms with Crippen LogP contribution in [0.25, 0.3) is 22.0 Å². The van der Waals surface area contributed by atoms with Gasteiger partial charge in [-0.2, -0.15) is 5.10 Å². The normalized spacial score (nSPS) is 13.8. The molecule has 0 bridgehead atoms. The maximum absolute atomic E-state index is 12.6. The number of benzene rings is 2. The maximum atomic E-state index is 12.6. The summed E-state index contributed by atoms with van der Waals surface area (Å²) in [6, 6.07) is 16.1. The summed E-state index contributed by atoms with van der Waals surface area (Å²) in [6.45, 7) is 4.70. The fraction of sp³-hybridized carbons (Fsp3) is 0.240. The fourth-order valence-electron chi connectivity index (χ4n) is 4.29. The molecule has 5 rings (SSSR count). The molecule has 1 amide bonds. The van der Waals surface area contributed by atoms with Crippen molar-refractivity contribution in [3.8, 4) is 11.1 Å². The first kappa shape index (κ1) is 19.5. The van der Waals surface area contributed by atoms with Crippen molar-refractivity contribution in [3.63, 3.8) is 0 Å². The lowest BCUT2D eigenvalue weighted by atomic mass is 9.92. The largest absolute Gasteiger partial charge is 0.386 e. The summed E-state index contributed by atoms with van der Waals surface area (Å²) >= 11 is 0. The molecule has 31 heavy (non-hydrogen) atoms. The second kappa shape index (κ2) is 7.03. The van der Waals surface area contributed by atoms with Crippen molar-refractivity contribution in [2.75, 3.05) is 0 Å². The molecule has 6 heteroatoms. The Morgan fingerprint density at radius 3 is 2.58 bits per heavy atom. The number of amides is 1. The van der Waals surface area contributed by atoms with E-state index < -0.39 is 5.60 Å². The molecule has 2 aromatic carbocycles. The van der Waals surface area contributed by atoms with Gasteiger partial charge in [-0.25, -0.2) is 0 Å². The first-order chi connectivity index (χ1) is 14.8. The Labute approximate surface area is 180 Å². The lowest BCUT2D eigenvalue weighted by molar-refractivity contribution is 0.0761. The van der Waals surface area contributed by atoms with Gasteiger partial charge in [0.1, 0.15) is 5.69 Å². The molecule has 1 aliphatic rings. The van der Waals surface area contributed by atoms with Crippen molar-refractivity contribution >= 4 is 16.8 Å². The van der Waals surface area contributed by atoms with Gasteiger partial charge in [0.25, 0.3) is 5.91 Å². The van der Waals surface area contributed by atoms with E-state index in [0.29, 0.717) is 18.8 Å². The summed E-state index contributed by atoms with van der Waals surface area (Å²) in [5.74, 6) is -0.0149. The van der Waals surface area contributed by atoms with Crippen LogP contribution in [0.3, 0.4) is 0 Å². The number of nitrogens with zero attached hydrogens (tertiary/aromatic N) is 4. The van der Waals surface area contributed by atoms with Crippen LogP contribution in [0, 0.1) is 0 Å². The Balaban J connectivity index is 1.44. The number of carbonyl (C=O) groups excluding carboxylic acids is 1. The maximum Gasteiger partial charge on any atom is 0.273 e. The molecule has 3 heterocycles. The molecule has 0 spiro atoms. The minimum absolute atomic E-state index is 0.0149. The van der Waals surface area contributed by atoms with E-state index in [4.69, 9.17) is 0 Å². The van der Waals surface area contributed by atoms with Crippen molar-refractivity contribution in [3.05, 3.63) is 83.3 Å². The van der Waals surface area contributed by atoms with Gasteiger partial charge in [0, 0.05) is 49.0 Å². The van der Waals surface area contributed by atoms with Gasteiger partial charge < -0.3 is 10.0 Å². The molecule has 2 aromatic heterocycles. The van der Waals surface area contributed by atoms with Gasteiger partial charge in [0.2, 0.25) is 0 Å². The van der Waals surface area contributed by atoms with Gasteiger partial charge in [0.15, 0.2) is 0 Å². The van der Waals surface area contributed by atoms with E-state index in [2.05, 4.69) is 34.3 Å². The smallest absolute Gasteiger partial charge is 0.273 e. The van der Waals surface area contributed by atoms with Crippen LogP contribution >= 0.6 is 0 Å². The number of aromatic nitrogens is 3. The van der Waals surface area contributed by atoms with Crippen molar-refractivity contribution < 1.29 is 9.90 Å². The SMILES string of the molecule is Cn1cc2c(-c3ccc(CN4Cc5cccnc5C4=O)cc3)ccc(C(C)(C)O)c2n1. The Kier molecular flexibility index (Phi) is 4.41. The molecule has 1 aliphatic heterocycles. The predicted octanol–water partition coefficient (Wildman–Crippen LogP) is 4.02. The van der Waals surface area contributed by atoms with Crippen molar-refractivity contribution in [2.45, 2.75) is 32.5 Å². The highest BCUT2D eigenvalue weighted by Gasteiger charge is 2.28. The Morgan fingerprint density at radius 1 is 1.10 bits per heavy atom. The van der Waals surface area contributed by atoms with Gasteiger partial charge in [-0.3, -0.25) is 14.5 Å². The van der Waals surface area contributed by atoms with Crippen LogP contribution in [0.1, 0.15) is 41.0 Å². The van der Waals surface area contributed by atoms with Crippen molar-refractivity contribution in [1.29, 1.82) is 0 Å². The summed E-state index contributed by atoms with van der Waals surface area (Å²) in [4.78, 5) is 18.6. The molecule has 1 N–H and O–H groups in total. The Morgan fingerprint density at radius 2 is 1.87 bits per heavy atom. The number of aliphatic hydroxyl groups is 1. The van der Waals surface area contributed by atoms with Crippen LogP contribution < -0.4 is 0 Å². The summed E-state index contributed by atoms with van der Waals surface area (Å²) in [5, 5.41) is 16.1. The molecule has 4 aromatic rings. The molecule has 0 radical (unpaired) electrons. The molecule has 0 saturated carbocycles. The zero-order chi connectivity index (χ0) is 21.8. The zero-order valence-corrected chi connectivity index (χ0v) is 17.8. The van der Waals surface area contributed by atoms with E-state index in [1.807, 2.05) is 42.4 Å². The van der Waals surface area contributed by atoms with E-state index in [9.17, 15) is 9.90 Å². The quantitative estimate of drug-likeness (QED) is 0.550. The first-order valence-electron chi connectivity index (χ1n) is 10.3. The topological polar surface area (TPSA) is 71.2 Å². The van der Waals surface area contributed by atoms with Gasteiger partial charge in [-0.1, -0.05) is 42.5 Å². The van der Waals surface area contributed by atoms with Crippen LogP contribution in [0.15, 0.2) is 60.9 Å². The van der Waals surface area contributed by atoms with E-state index in [1.165, 1.54) is 0 Å².